The zero-order valence-electron chi connectivity index (χ0n) is 18.1. The molecule has 0 spiro atoms. The van der Waals surface area contributed by atoms with Crippen molar-refractivity contribution in [3.05, 3.63) is 0 Å². The fourth-order valence-electron chi connectivity index (χ4n) is 7.91. The van der Waals surface area contributed by atoms with Crippen molar-refractivity contribution in [2.24, 2.45) is 34.0 Å². The Hall–Kier alpha value is 0.845. The van der Waals surface area contributed by atoms with Gasteiger partial charge in [-0.15, -0.1) is 0 Å². The summed E-state index contributed by atoms with van der Waals surface area (Å²) in [6.45, 7) is 13.8. The summed E-state index contributed by atoms with van der Waals surface area (Å²) in [5.41, 5.74) is 0.0757. The molecule has 5 heteroatoms. The third-order valence-corrected chi connectivity index (χ3v) is 23.5. The van der Waals surface area contributed by atoms with Crippen LogP contribution in [0.15, 0.2) is 0 Å². The number of esters is 1. The van der Waals surface area contributed by atoms with Crippen LogP contribution in [0.1, 0.15) is 80.1 Å². The molecule has 0 aliphatic heterocycles. The molecule has 0 bridgehead atoms. The summed E-state index contributed by atoms with van der Waals surface area (Å²) >= 11 is 3.05. The van der Waals surface area contributed by atoms with Crippen molar-refractivity contribution in [2.45, 2.75) is 89.1 Å². The monoisotopic (exact) mass is 630 g/mol. The SMILES string of the molecule is CC(=O)OC[C@@H]1[C@@]2(C)CC[C@@H]3C(C)(C)[C@H]([Hg][Br])CC[C@@]3(C)[C@@H]2CC[C@@]1(C)O. The maximum absolute atomic E-state index is 11.5. The Morgan fingerprint density at radius 1 is 1.04 bits per heavy atom. The van der Waals surface area contributed by atoms with E-state index in [1.165, 1.54) is 26.2 Å². The van der Waals surface area contributed by atoms with E-state index < -0.39 is 27.7 Å². The molecule has 0 radical (unpaired) electrons. The summed E-state index contributed by atoms with van der Waals surface area (Å²) in [5.74, 6) is 1.18. The normalized spacial score (nSPS) is 48.7. The number of aliphatic hydroxyl groups is 1. The van der Waals surface area contributed by atoms with Crippen LogP contribution in [0, 0.1) is 34.0 Å². The van der Waals surface area contributed by atoms with Gasteiger partial charge < -0.3 is 0 Å². The molecule has 3 aliphatic rings. The molecule has 1 N–H and O–H groups in total. The topological polar surface area (TPSA) is 46.5 Å². The van der Waals surface area contributed by atoms with Gasteiger partial charge in [0, 0.05) is 0 Å². The fourth-order valence-corrected chi connectivity index (χ4v) is 22.1. The summed E-state index contributed by atoms with van der Waals surface area (Å²) < 4.78 is 6.44. The molecular weight excluding hydrogens is 593 g/mol. The van der Waals surface area contributed by atoms with Gasteiger partial charge in [0.1, 0.15) is 0 Å². The molecule has 3 fully saturated rings. The van der Waals surface area contributed by atoms with Gasteiger partial charge in [-0.2, -0.15) is 0 Å². The van der Waals surface area contributed by atoms with E-state index in [0.29, 0.717) is 23.4 Å². The van der Waals surface area contributed by atoms with E-state index in [-0.39, 0.29) is 17.3 Å². The van der Waals surface area contributed by atoms with Gasteiger partial charge in [-0.3, -0.25) is 0 Å². The van der Waals surface area contributed by atoms with Crippen molar-refractivity contribution in [1.82, 2.24) is 0 Å². The molecule has 3 aliphatic carbocycles. The molecule has 3 rings (SSSR count). The van der Waals surface area contributed by atoms with E-state index >= 15 is 0 Å². The first-order valence-corrected chi connectivity index (χ1v) is 25.9. The zero-order valence-corrected chi connectivity index (χ0v) is 25.2. The van der Waals surface area contributed by atoms with Crippen LogP contribution in [0.25, 0.3) is 0 Å². The number of carbonyl (C=O) groups excluding carboxylic acids is 1. The molecule has 3 saturated carbocycles. The minimum absolute atomic E-state index is 0.0300. The Balaban J connectivity index is 1.96. The van der Waals surface area contributed by atoms with Gasteiger partial charge in [0.15, 0.2) is 0 Å². The van der Waals surface area contributed by atoms with E-state index in [4.69, 9.17) is 4.74 Å². The first-order valence-electron chi connectivity index (χ1n) is 10.8. The third kappa shape index (κ3) is 3.60. The number of ether oxygens (including phenoxy) is 1. The van der Waals surface area contributed by atoms with Crippen molar-refractivity contribution in [2.75, 3.05) is 6.61 Å². The predicted octanol–water partition coefficient (Wildman–Crippen LogP) is 5.75. The van der Waals surface area contributed by atoms with Gasteiger partial charge in [0.2, 0.25) is 0 Å². The molecule has 0 unspecified atom stereocenters. The van der Waals surface area contributed by atoms with Crippen LogP contribution in [0.2, 0.25) is 3.43 Å². The Morgan fingerprint density at radius 3 is 2.22 bits per heavy atom. The van der Waals surface area contributed by atoms with Crippen molar-refractivity contribution < 1.29 is 36.8 Å². The van der Waals surface area contributed by atoms with Crippen molar-refractivity contribution in [1.29, 1.82) is 0 Å². The Bertz CT molecular complexity index is 592. The quantitative estimate of drug-likeness (QED) is 0.320. The van der Waals surface area contributed by atoms with Crippen LogP contribution in [0.4, 0.5) is 0 Å². The van der Waals surface area contributed by atoms with Crippen molar-refractivity contribution in [3.63, 3.8) is 0 Å². The van der Waals surface area contributed by atoms with Gasteiger partial charge in [0.05, 0.1) is 0 Å². The minimum atomic E-state index is -0.949. The van der Waals surface area contributed by atoms with Gasteiger partial charge >= 0.3 is 184 Å². The number of hydrogen-bond acceptors (Lipinski definition) is 3. The van der Waals surface area contributed by atoms with E-state index in [1.54, 1.807) is 0 Å². The standard InChI is InChI=1S/C22H37O3.BrH.Hg/c1-15(23)25-14-18-21(5)12-8-16-19(2,3)10-7-11-20(16,4)17(21)9-13-22(18,6)24;;/h10,16-18,24H,7-9,11-14H2,1-6H3;1H;/q;;+1/p-1/t16-,17+,18-,20-,21+,22-;;/m1../s1. The van der Waals surface area contributed by atoms with E-state index in [9.17, 15) is 9.90 Å². The molecule has 152 valence electrons. The number of carbonyl (C=O) groups is 1. The molecule has 3 nitrogen and oxygen atoms in total. The summed E-state index contributed by atoms with van der Waals surface area (Å²) in [7, 11) is 0. The average Bonchev–Trinajstić information content (AvgIpc) is 2.52. The Kier molecular flexibility index (Phi) is 6.27. The average molecular weight is 630 g/mol. The fraction of sp³-hybridized carbons (Fsp3) is 0.955. The second-order valence-corrected chi connectivity index (χ2v) is 21.8. The van der Waals surface area contributed by atoms with Gasteiger partial charge in [-0.25, -0.2) is 0 Å². The number of fused-ring (bicyclic) bond motifs is 3. The first kappa shape index (κ1) is 22.5. The summed E-state index contributed by atoms with van der Waals surface area (Å²) in [5, 5.41) is 11.2. The molecular formula is C22H37BrHgO3. The van der Waals surface area contributed by atoms with Gasteiger partial charge in [0.25, 0.3) is 0 Å². The van der Waals surface area contributed by atoms with E-state index in [0.717, 1.165) is 28.6 Å². The molecule has 27 heavy (non-hydrogen) atoms. The van der Waals surface area contributed by atoms with E-state index in [1.807, 2.05) is 6.92 Å². The van der Waals surface area contributed by atoms with Crippen LogP contribution in [-0.2, 0) is 31.7 Å². The molecule has 0 amide bonds. The predicted molar refractivity (Wildman–Crippen MR) is 108 cm³/mol. The maximum atomic E-state index is 11.5. The van der Waals surface area contributed by atoms with Crippen molar-refractivity contribution in [3.8, 4) is 0 Å². The summed E-state index contributed by atoms with van der Waals surface area (Å²) in [6.07, 6.45) is 7.04. The molecule has 0 aromatic carbocycles. The van der Waals surface area contributed by atoms with Crippen LogP contribution in [0.5, 0.6) is 0 Å². The van der Waals surface area contributed by atoms with Gasteiger partial charge in [-0.1, -0.05) is 0 Å². The third-order valence-electron chi connectivity index (χ3n) is 9.47. The van der Waals surface area contributed by atoms with Gasteiger partial charge in [-0.05, 0) is 0 Å². The zero-order chi connectivity index (χ0) is 20.3. The second kappa shape index (κ2) is 7.52. The van der Waals surface area contributed by atoms with Crippen LogP contribution in [0.3, 0.4) is 0 Å². The Labute approximate surface area is 183 Å². The van der Waals surface area contributed by atoms with Crippen LogP contribution >= 0.6 is 11.9 Å². The molecule has 0 aromatic rings. The molecule has 0 heterocycles. The van der Waals surface area contributed by atoms with Crippen LogP contribution in [-0.4, -0.2) is 23.3 Å². The Morgan fingerprint density at radius 2 is 1.63 bits per heavy atom. The second-order valence-electron chi connectivity index (χ2n) is 11.1. The van der Waals surface area contributed by atoms with Crippen molar-refractivity contribution >= 4 is 17.9 Å². The summed E-state index contributed by atoms with van der Waals surface area (Å²) in [6, 6.07) is 0. The summed E-state index contributed by atoms with van der Waals surface area (Å²) in [4.78, 5) is 11.5. The molecule has 0 saturated heterocycles. The van der Waals surface area contributed by atoms with Crippen LogP contribution < -0.4 is 0 Å². The molecule has 7 atom stereocenters. The van der Waals surface area contributed by atoms with E-state index in [2.05, 4.69) is 39.6 Å². The number of halogens is 1. The number of hydrogen-bond donors (Lipinski definition) is 1. The molecule has 0 aromatic heterocycles. The first-order chi connectivity index (χ1) is 12.4. The number of rotatable bonds is 3.